The number of nitrogens with one attached hydrogen (secondary N) is 1. The third-order valence-corrected chi connectivity index (χ3v) is 4.62. The molecule has 0 aromatic heterocycles. The summed E-state index contributed by atoms with van der Waals surface area (Å²) < 4.78 is 0. The van der Waals surface area contributed by atoms with Crippen LogP contribution in [0.1, 0.15) is 51.4 Å². The highest BCUT2D eigenvalue weighted by molar-refractivity contribution is 5.70. The third-order valence-electron chi connectivity index (χ3n) is 4.62. The first-order valence-electron chi connectivity index (χ1n) is 8.05. The molecule has 0 atom stereocenters. The molecule has 1 saturated carbocycles. The van der Waals surface area contributed by atoms with Gasteiger partial charge in [-0.25, -0.2) is 0 Å². The first-order valence-corrected chi connectivity index (χ1v) is 8.05. The lowest BCUT2D eigenvalue weighted by Crippen LogP contribution is -2.37. The Morgan fingerprint density at radius 1 is 0.895 bits per heavy atom. The molecule has 1 aromatic carbocycles. The second-order valence-electron chi connectivity index (χ2n) is 5.99. The van der Waals surface area contributed by atoms with Crippen LogP contribution in [0.5, 0.6) is 0 Å². The van der Waals surface area contributed by atoms with Gasteiger partial charge in [-0.3, -0.25) is 0 Å². The van der Waals surface area contributed by atoms with Crippen LogP contribution in [0.2, 0.25) is 0 Å². The van der Waals surface area contributed by atoms with Crippen molar-refractivity contribution < 1.29 is 0 Å². The van der Waals surface area contributed by atoms with Gasteiger partial charge in [0.15, 0.2) is 0 Å². The molecule has 0 saturated heterocycles. The molecule has 1 N–H and O–H groups in total. The quantitative estimate of drug-likeness (QED) is 0.750. The molecular formula is C17H26N2. The van der Waals surface area contributed by atoms with E-state index in [4.69, 9.17) is 0 Å². The number of fused-ring (bicyclic) bond motifs is 1. The van der Waals surface area contributed by atoms with Gasteiger partial charge in [-0.1, -0.05) is 37.8 Å². The standard InChI is InChI=1S/C17H26N2/c1-2-4-10-15(9-3-1)19-14-8-7-13-18-16-11-5-6-12-17(16)19/h5-6,11-12,15,18H,1-4,7-10,13-14H2. The van der Waals surface area contributed by atoms with Crippen molar-refractivity contribution in [2.75, 3.05) is 23.3 Å². The lowest BCUT2D eigenvalue weighted by atomic mass is 10.0. The minimum atomic E-state index is 0.767. The molecule has 2 nitrogen and oxygen atoms in total. The van der Waals surface area contributed by atoms with Crippen LogP contribution in [-0.2, 0) is 0 Å². The Labute approximate surface area is 117 Å². The van der Waals surface area contributed by atoms with Crippen LogP contribution in [0.4, 0.5) is 11.4 Å². The normalized spacial score (nSPS) is 21.8. The summed E-state index contributed by atoms with van der Waals surface area (Å²) in [5.41, 5.74) is 2.78. The van der Waals surface area contributed by atoms with Crippen molar-refractivity contribution in [3.8, 4) is 0 Å². The second-order valence-corrected chi connectivity index (χ2v) is 5.99. The van der Waals surface area contributed by atoms with Gasteiger partial charge in [0, 0.05) is 19.1 Å². The first kappa shape index (κ1) is 12.8. The Morgan fingerprint density at radius 2 is 1.68 bits per heavy atom. The topological polar surface area (TPSA) is 15.3 Å². The Balaban J connectivity index is 1.86. The van der Waals surface area contributed by atoms with Crippen molar-refractivity contribution >= 4 is 11.4 Å². The van der Waals surface area contributed by atoms with E-state index < -0.39 is 0 Å². The highest BCUT2D eigenvalue weighted by Crippen LogP contribution is 2.33. The monoisotopic (exact) mass is 258 g/mol. The molecule has 0 amide bonds. The predicted octanol–water partition coefficient (Wildman–Crippen LogP) is 4.42. The molecule has 1 heterocycles. The average molecular weight is 258 g/mol. The molecule has 1 aromatic rings. The Kier molecular flexibility index (Phi) is 4.27. The van der Waals surface area contributed by atoms with Gasteiger partial charge in [-0.15, -0.1) is 0 Å². The zero-order valence-corrected chi connectivity index (χ0v) is 11.9. The van der Waals surface area contributed by atoms with Crippen molar-refractivity contribution in [2.45, 2.75) is 57.4 Å². The molecule has 0 radical (unpaired) electrons. The van der Waals surface area contributed by atoms with Gasteiger partial charge in [0.1, 0.15) is 0 Å². The van der Waals surface area contributed by atoms with Crippen LogP contribution in [0.25, 0.3) is 0 Å². The molecule has 1 fully saturated rings. The van der Waals surface area contributed by atoms with Crippen molar-refractivity contribution in [3.05, 3.63) is 24.3 Å². The van der Waals surface area contributed by atoms with Crippen LogP contribution >= 0.6 is 0 Å². The van der Waals surface area contributed by atoms with Crippen LogP contribution in [0.3, 0.4) is 0 Å². The fourth-order valence-corrected chi connectivity index (χ4v) is 3.57. The summed E-state index contributed by atoms with van der Waals surface area (Å²) in [6, 6.07) is 9.65. The van der Waals surface area contributed by atoms with Crippen LogP contribution in [0, 0.1) is 0 Å². The van der Waals surface area contributed by atoms with E-state index in [2.05, 4.69) is 34.5 Å². The highest BCUT2D eigenvalue weighted by atomic mass is 15.2. The van der Waals surface area contributed by atoms with Gasteiger partial charge in [-0.05, 0) is 37.8 Å². The van der Waals surface area contributed by atoms with Crippen LogP contribution in [0.15, 0.2) is 24.3 Å². The van der Waals surface area contributed by atoms with Crippen molar-refractivity contribution in [2.24, 2.45) is 0 Å². The van der Waals surface area contributed by atoms with Crippen molar-refractivity contribution in [3.63, 3.8) is 0 Å². The van der Waals surface area contributed by atoms with Gasteiger partial charge in [0.05, 0.1) is 11.4 Å². The number of hydrogen-bond donors (Lipinski definition) is 1. The van der Waals surface area contributed by atoms with Gasteiger partial charge in [0.25, 0.3) is 0 Å². The van der Waals surface area contributed by atoms with Gasteiger partial charge in [0.2, 0.25) is 0 Å². The Bertz CT molecular complexity index is 394. The molecule has 1 aliphatic heterocycles. The van der Waals surface area contributed by atoms with Crippen molar-refractivity contribution in [1.29, 1.82) is 0 Å². The maximum absolute atomic E-state index is 3.61. The molecule has 19 heavy (non-hydrogen) atoms. The van der Waals surface area contributed by atoms with Crippen LogP contribution < -0.4 is 10.2 Å². The van der Waals surface area contributed by atoms with E-state index in [0.29, 0.717) is 0 Å². The smallest absolute Gasteiger partial charge is 0.0604 e. The Hall–Kier alpha value is -1.18. The maximum Gasteiger partial charge on any atom is 0.0604 e. The van der Waals surface area contributed by atoms with E-state index in [1.54, 1.807) is 0 Å². The van der Waals surface area contributed by atoms with E-state index in [1.165, 1.54) is 69.3 Å². The summed E-state index contributed by atoms with van der Waals surface area (Å²) in [6.45, 7) is 2.36. The van der Waals surface area contributed by atoms with E-state index in [1.807, 2.05) is 0 Å². The van der Waals surface area contributed by atoms with Crippen molar-refractivity contribution in [1.82, 2.24) is 0 Å². The molecular weight excluding hydrogens is 232 g/mol. The number of hydrogen-bond acceptors (Lipinski definition) is 2. The number of rotatable bonds is 1. The lowest BCUT2D eigenvalue weighted by molar-refractivity contribution is 0.512. The number of anilines is 2. The summed E-state index contributed by atoms with van der Waals surface area (Å²) in [5.74, 6) is 0. The fourth-order valence-electron chi connectivity index (χ4n) is 3.57. The predicted molar refractivity (Wildman–Crippen MR) is 83.0 cm³/mol. The van der Waals surface area contributed by atoms with E-state index in [0.717, 1.165) is 12.6 Å². The summed E-state index contributed by atoms with van der Waals surface area (Å²) in [6.07, 6.45) is 11.1. The molecule has 2 heteroatoms. The molecule has 0 bridgehead atoms. The zero-order chi connectivity index (χ0) is 12.9. The zero-order valence-electron chi connectivity index (χ0n) is 11.9. The molecule has 0 spiro atoms. The van der Waals surface area contributed by atoms with E-state index in [9.17, 15) is 0 Å². The summed E-state index contributed by atoms with van der Waals surface area (Å²) >= 11 is 0. The largest absolute Gasteiger partial charge is 0.383 e. The van der Waals surface area contributed by atoms with E-state index in [-0.39, 0.29) is 0 Å². The maximum atomic E-state index is 3.61. The van der Waals surface area contributed by atoms with E-state index >= 15 is 0 Å². The summed E-state index contributed by atoms with van der Waals surface area (Å²) in [4.78, 5) is 2.70. The third kappa shape index (κ3) is 3.05. The molecule has 0 unspecified atom stereocenters. The lowest BCUT2D eigenvalue weighted by Gasteiger charge is -2.36. The number of para-hydroxylation sites is 2. The average Bonchev–Trinajstić information content (AvgIpc) is 2.69. The molecule has 3 rings (SSSR count). The van der Waals surface area contributed by atoms with Gasteiger partial charge >= 0.3 is 0 Å². The number of nitrogens with zero attached hydrogens (tertiary/aromatic N) is 1. The molecule has 1 aliphatic carbocycles. The SMILES string of the molecule is c1ccc2c(c1)NCCCCN2C1CCCCCC1. The molecule has 104 valence electrons. The molecule has 2 aliphatic rings. The fraction of sp³-hybridized carbons (Fsp3) is 0.647. The minimum absolute atomic E-state index is 0.767. The first-order chi connectivity index (χ1) is 9.45. The highest BCUT2D eigenvalue weighted by Gasteiger charge is 2.22. The van der Waals surface area contributed by atoms with Gasteiger partial charge < -0.3 is 10.2 Å². The summed E-state index contributed by atoms with van der Waals surface area (Å²) in [7, 11) is 0. The number of benzene rings is 1. The minimum Gasteiger partial charge on any atom is -0.383 e. The van der Waals surface area contributed by atoms with Crippen LogP contribution in [-0.4, -0.2) is 19.1 Å². The Morgan fingerprint density at radius 3 is 2.53 bits per heavy atom. The van der Waals surface area contributed by atoms with Gasteiger partial charge in [-0.2, -0.15) is 0 Å². The summed E-state index contributed by atoms with van der Waals surface area (Å²) in [5, 5.41) is 3.61. The second kappa shape index (κ2) is 6.31.